The van der Waals surface area contributed by atoms with Crippen molar-refractivity contribution in [1.82, 2.24) is 9.97 Å². The number of benzene rings is 4. The van der Waals surface area contributed by atoms with Gasteiger partial charge in [0.1, 0.15) is 0 Å². The Morgan fingerprint density at radius 2 is 1.04 bits per heavy atom. The van der Waals surface area contributed by atoms with Crippen LogP contribution in [0.15, 0.2) is 122 Å². The van der Waals surface area contributed by atoms with Crippen LogP contribution in [0.5, 0.6) is 11.5 Å². The molecule has 6 aromatic rings. The Labute approximate surface area is 300 Å². The minimum atomic E-state index is -2.49. The third kappa shape index (κ3) is 6.86. The van der Waals surface area contributed by atoms with Gasteiger partial charge in [-0.2, -0.15) is 0 Å². The predicted octanol–water partition coefficient (Wildman–Crippen LogP) is 9.82. The first kappa shape index (κ1) is 33.4. The van der Waals surface area contributed by atoms with Crippen molar-refractivity contribution in [2.75, 3.05) is 0 Å². The molecule has 0 unspecified atom stereocenters. The van der Waals surface area contributed by atoms with Crippen LogP contribution in [0.25, 0.3) is 33.6 Å². The summed E-state index contributed by atoms with van der Waals surface area (Å²) in [4.78, 5) is 9.73. The molecule has 0 amide bonds. The summed E-state index contributed by atoms with van der Waals surface area (Å²) in [5.74, 6) is 2.05. The van der Waals surface area contributed by atoms with Gasteiger partial charge in [-0.05, 0) is 17.5 Å². The summed E-state index contributed by atoms with van der Waals surface area (Å²) in [6.45, 7) is 18.0. The van der Waals surface area contributed by atoms with E-state index in [4.69, 9.17) is 14.7 Å². The summed E-state index contributed by atoms with van der Waals surface area (Å²) < 4.78 is 11.4. The Hall–Kier alpha value is -4.14. The first-order valence-electron chi connectivity index (χ1n) is 17.3. The molecule has 49 heavy (non-hydrogen) atoms. The van der Waals surface area contributed by atoms with E-state index in [1.807, 2.05) is 12.4 Å². The number of hydrogen-bond acceptors (Lipinski definition) is 3. The monoisotopic (exact) mass is 838 g/mol. The van der Waals surface area contributed by atoms with E-state index in [0.29, 0.717) is 5.92 Å². The molecule has 0 radical (unpaired) electrons. The van der Waals surface area contributed by atoms with Gasteiger partial charge in [-0.25, -0.2) is 0 Å². The van der Waals surface area contributed by atoms with Gasteiger partial charge < -0.3 is 0 Å². The number of ether oxygens (including phenoxy) is 1. The van der Waals surface area contributed by atoms with Gasteiger partial charge in [-0.15, -0.1) is 0 Å². The molecule has 0 aliphatic carbocycles. The van der Waals surface area contributed by atoms with Crippen molar-refractivity contribution in [2.45, 2.75) is 72.1 Å². The molecule has 2 aromatic heterocycles. The zero-order chi connectivity index (χ0) is 34.5. The summed E-state index contributed by atoms with van der Waals surface area (Å²) >= 11 is -2.49. The zero-order valence-electron chi connectivity index (χ0n) is 29.9. The Bertz CT molecular complexity index is 2120. The van der Waals surface area contributed by atoms with E-state index in [-0.39, 0.29) is 10.8 Å². The number of rotatable bonds is 6. The van der Waals surface area contributed by atoms with E-state index >= 15 is 0 Å². The quantitative estimate of drug-likeness (QED) is 0.157. The molecule has 4 aromatic carbocycles. The molecule has 3 nitrogen and oxygen atoms in total. The Kier molecular flexibility index (Phi) is 8.82. The van der Waals surface area contributed by atoms with Crippen LogP contribution >= 0.6 is 0 Å². The van der Waals surface area contributed by atoms with Gasteiger partial charge in [-0.1, -0.05) is 13.8 Å². The van der Waals surface area contributed by atoms with Crippen LogP contribution in [0.4, 0.5) is 0 Å². The average molecular weight is 839 g/mol. The SMILES string of the molecule is CC(C)c1ccnc(-c2cc(Oc3cc(-c4c[c]([Bi]5[c]6ccccc6-c6cccc[c]65)ccn4)cc(C(C)(C)C)c3)cc(C(C)(C)C)c2)c1. The van der Waals surface area contributed by atoms with Gasteiger partial charge in [0, 0.05) is 6.20 Å². The van der Waals surface area contributed by atoms with Crippen molar-refractivity contribution in [2.24, 2.45) is 0 Å². The second-order valence-electron chi connectivity index (χ2n) is 15.5. The Morgan fingerprint density at radius 1 is 0.551 bits per heavy atom. The summed E-state index contributed by atoms with van der Waals surface area (Å²) in [6.07, 6.45) is 3.92. The van der Waals surface area contributed by atoms with Crippen LogP contribution in [0.1, 0.15) is 78.0 Å². The standard InChI is InChI=1S/C33H37N2O.C12H8.Bi/c1-22(2)23-12-14-35-31(19-23)25-16-27(33(6,7)8)21-29(18-25)36-28-17-24(30-11-9-10-13-34-30)15-26(20-28)32(3,4)5;1-3-7-11(8-4-1)12-9-5-2-6-10-12;/h10-22H,1-8H3;1-7,9H;. The van der Waals surface area contributed by atoms with Crippen molar-refractivity contribution in [3.05, 3.63) is 138 Å². The first-order chi connectivity index (χ1) is 23.3. The van der Waals surface area contributed by atoms with E-state index in [2.05, 4.69) is 165 Å². The topological polar surface area (TPSA) is 35.0 Å². The molecule has 3 heterocycles. The Morgan fingerprint density at radius 3 is 1.55 bits per heavy atom. The fourth-order valence-electron chi connectivity index (χ4n) is 6.49. The maximum absolute atomic E-state index is 6.83. The molecule has 0 saturated heterocycles. The summed E-state index contributed by atoms with van der Waals surface area (Å²) in [5, 5.41) is 0. The van der Waals surface area contributed by atoms with Crippen molar-refractivity contribution < 1.29 is 4.74 Å². The van der Waals surface area contributed by atoms with E-state index in [1.54, 1.807) is 6.54 Å². The molecule has 1 aliphatic heterocycles. The number of fused-ring (bicyclic) bond motifs is 3. The third-order valence-electron chi connectivity index (χ3n) is 9.40. The summed E-state index contributed by atoms with van der Waals surface area (Å²) in [5.41, 5.74) is 10.5. The predicted molar refractivity (Wildman–Crippen MR) is 207 cm³/mol. The van der Waals surface area contributed by atoms with Gasteiger partial charge in [0.2, 0.25) is 0 Å². The molecule has 7 rings (SSSR count). The molecule has 4 heteroatoms. The molecule has 1 aliphatic rings. The second kappa shape index (κ2) is 13.0. The molecule has 0 bridgehead atoms. The van der Waals surface area contributed by atoms with E-state index in [9.17, 15) is 0 Å². The summed E-state index contributed by atoms with van der Waals surface area (Å²) in [6, 6.07) is 40.2. The number of nitrogens with zero attached hydrogens (tertiary/aromatic N) is 2. The van der Waals surface area contributed by atoms with Crippen molar-refractivity contribution in [1.29, 1.82) is 0 Å². The van der Waals surface area contributed by atoms with E-state index in [1.165, 1.54) is 31.1 Å². The van der Waals surface area contributed by atoms with Crippen LogP contribution in [-0.2, 0) is 10.8 Å². The normalized spacial score (nSPS) is 13.0. The molecular weight excluding hydrogens is 793 g/mol. The van der Waals surface area contributed by atoms with E-state index < -0.39 is 21.8 Å². The first-order valence-corrected chi connectivity index (χ1v) is 22.5. The molecule has 0 N–H and O–H groups in total. The van der Waals surface area contributed by atoms with Gasteiger partial charge in [0.15, 0.2) is 0 Å². The van der Waals surface area contributed by atoms with Gasteiger partial charge in [0.25, 0.3) is 0 Å². The van der Waals surface area contributed by atoms with Crippen LogP contribution in [0.2, 0.25) is 0 Å². The number of pyridine rings is 2. The second-order valence-corrected chi connectivity index (χ2v) is 23.9. The molecule has 0 fully saturated rings. The van der Waals surface area contributed by atoms with Crippen molar-refractivity contribution in [3.8, 4) is 45.1 Å². The molecular formula is C45H45BiN2O. The molecule has 0 atom stereocenters. The fourth-order valence-corrected chi connectivity index (χ4v) is 16.7. The van der Waals surface area contributed by atoms with Crippen molar-refractivity contribution >= 4 is 31.6 Å². The zero-order valence-corrected chi connectivity index (χ0v) is 33.4. The number of hydrogen-bond donors (Lipinski definition) is 0. The molecule has 0 saturated carbocycles. The maximum atomic E-state index is 6.83. The minimum absolute atomic E-state index is 0.0598. The summed E-state index contributed by atoms with van der Waals surface area (Å²) in [7, 11) is 0. The van der Waals surface area contributed by atoms with Crippen LogP contribution in [0, 0.1) is 0 Å². The molecule has 0 spiro atoms. The third-order valence-corrected chi connectivity index (χ3v) is 19.3. The van der Waals surface area contributed by atoms with Crippen molar-refractivity contribution in [3.63, 3.8) is 0 Å². The average Bonchev–Trinajstić information content (AvgIpc) is 3.42. The van der Waals surface area contributed by atoms with Crippen LogP contribution in [0.3, 0.4) is 0 Å². The van der Waals surface area contributed by atoms with E-state index in [0.717, 1.165) is 34.0 Å². The van der Waals surface area contributed by atoms with Gasteiger partial charge in [0.05, 0.1) is 0 Å². The van der Waals surface area contributed by atoms with Crippen LogP contribution < -0.4 is 14.6 Å². The van der Waals surface area contributed by atoms with Crippen LogP contribution in [-0.4, -0.2) is 31.7 Å². The van der Waals surface area contributed by atoms with Gasteiger partial charge >= 0.3 is 264 Å². The Balaban J connectivity index is 1.31. The number of aromatic nitrogens is 2. The van der Waals surface area contributed by atoms with Gasteiger partial charge in [-0.3, -0.25) is 0 Å². The fraction of sp³-hybridized carbons (Fsp3) is 0.244. The molecule has 246 valence electrons.